The maximum absolute atomic E-state index is 13.7. The second-order valence-electron chi connectivity index (χ2n) is 11.2. The van der Waals surface area contributed by atoms with Gasteiger partial charge in [0, 0.05) is 68.8 Å². The van der Waals surface area contributed by atoms with E-state index in [1.807, 2.05) is 49.2 Å². The number of piperidine rings is 1. The number of carbonyl (C=O) groups is 2. The number of benzene rings is 1. The normalized spacial score (nSPS) is 23.2. The van der Waals surface area contributed by atoms with Crippen molar-refractivity contribution in [2.45, 2.75) is 63.8 Å². The van der Waals surface area contributed by atoms with E-state index >= 15 is 0 Å². The highest BCUT2D eigenvalue weighted by atomic mass is 35.5. The minimum Gasteiger partial charge on any atom is -0.381 e. The fraction of sp³-hybridized carbons (Fsp3) is 0.571. The average molecular weight is 556 g/mol. The Labute approximate surface area is 234 Å². The maximum Gasteiger partial charge on any atom is 0.318 e. The number of aromatic nitrogens is 2. The van der Waals surface area contributed by atoms with E-state index in [1.54, 1.807) is 7.05 Å². The molecule has 4 heterocycles. The summed E-state index contributed by atoms with van der Waals surface area (Å²) in [5.74, 6) is 0.358. The third kappa shape index (κ3) is 6.28. The van der Waals surface area contributed by atoms with Gasteiger partial charge in [0.25, 0.3) is 0 Å². The van der Waals surface area contributed by atoms with Crippen molar-refractivity contribution >= 4 is 29.5 Å². The second-order valence-corrected chi connectivity index (χ2v) is 11.7. The van der Waals surface area contributed by atoms with Crippen molar-refractivity contribution in [2.24, 2.45) is 5.92 Å². The fourth-order valence-corrected chi connectivity index (χ4v) is 6.14. The third-order valence-electron chi connectivity index (χ3n) is 8.08. The highest BCUT2D eigenvalue weighted by molar-refractivity contribution is 6.30. The van der Waals surface area contributed by atoms with Gasteiger partial charge in [0.15, 0.2) is 0 Å². The van der Waals surface area contributed by atoms with Crippen LogP contribution in [0.1, 0.15) is 49.9 Å². The maximum atomic E-state index is 13.7. The number of nitrogens with one attached hydrogen (secondary N) is 3. The van der Waals surface area contributed by atoms with Crippen LogP contribution < -0.4 is 16.0 Å². The third-order valence-corrected chi connectivity index (χ3v) is 8.31. The number of likely N-dealkylation sites (tertiary alicyclic amines) is 1. The number of hydrogen-bond acceptors (Lipinski definition) is 7. The second kappa shape index (κ2) is 11.7. The molecule has 5 rings (SSSR count). The van der Waals surface area contributed by atoms with Gasteiger partial charge < -0.3 is 25.6 Å². The van der Waals surface area contributed by atoms with Gasteiger partial charge in [0.1, 0.15) is 0 Å². The molecule has 3 amide bonds. The lowest BCUT2D eigenvalue weighted by Gasteiger charge is -2.39. The molecule has 3 aliphatic rings. The van der Waals surface area contributed by atoms with Crippen molar-refractivity contribution in [3.8, 4) is 0 Å². The van der Waals surface area contributed by atoms with Crippen LogP contribution in [0.4, 0.5) is 10.7 Å². The topological polar surface area (TPSA) is 112 Å². The minimum absolute atomic E-state index is 0.0150. The number of anilines is 1. The number of hydrogen-bond donors (Lipinski definition) is 3. The molecule has 0 spiro atoms. The minimum atomic E-state index is -0.564. The van der Waals surface area contributed by atoms with Gasteiger partial charge in [-0.2, -0.15) is 0 Å². The van der Waals surface area contributed by atoms with E-state index < -0.39 is 5.54 Å². The van der Waals surface area contributed by atoms with Crippen LogP contribution in [-0.2, 0) is 28.2 Å². The van der Waals surface area contributed by atoms with Gasteiger partial charge in [-0.15, -0.1) is 0 Å². The molecule has 2 aromatic rings. The lowest BCUT2D eigenvalue weighted by molar-refractivity contribution is -0.126. The van der Waals surface area contributed by atoms with Gasteiger partial charge in [-0.1, -0.05) is 23.7 Å². The summed E-state index contributed by atoms with van der Waals surface area (Å²) in [5.41, 5.74) is 2.32. The number of halogens is 1. The first-order chi connectivity index (χ1) is 18.7. The van der Waals surface area contributed by atoms with Crippen LogP contribution in [0.15, 0.2) is 30.5 Å². The van der Waals surface area contributed by atoms with Crippen molar-refractivity contribution in [1.82, 2.24) is 30.4 Å². The van der Waals surface area contributed by atoms with Crippen molar-refractivity contribution in [3.05, 3.63) is 52.3 Å². The Hall–Kier alpha value is -2.95. The van der Waals surface area contributed by atoms with Crippen molar-refractivity contribution in [2.75, 3.05) is 38.7 Å². The zero-order valence-corrected chi connectivity index (χ0v) is 23.6. The smallest absolute Gasteiger partial charge is 0.318 e. The zero-order chi connectivity index (χ0) is 27.6. The quantitative estimate of drug-likeness (QED) is 0.502. The number of urea groups is 1. The van der Waals surface area contributed by atoms with E-state index in [0.717, 1.165) is 42.9 Å². The van der Waals surface area contributed by atoms with Gasteiger partial charge in [0.2, 0.25) is 11.9 Å². The summed E-state index contributed by atoms with van der Waals surface area (Å²) in [6.45, 7) is 7.84. The van der Waals surface area contributed by atoms with Gasteiger partial charge in [0.05, 0.1) is 23.7 Å². The molecule has 0 saturated carbocycles. The SMILES string of the molecule is CNC(=O)C1CC(NC(=O)N2Cc3nc(NC4CCOCC4)ncc3C2(C)C)CN(Cc2cccc(Cl)c2)C1. The molecule has 0 bridgehead atoms. The first-order valence-corrected chi connectivity index (χ1v) is 14.1. The number of amides is 3. The Morgan fingerprint density at radius 2 is 1.97 bits per heavy atom. The Balaban J connectivity index is 1.27. The zero-order valence-electron chi connectivity index (χ0n) is 22.9. The number of rotatable bonds is 6. The Bertz CT molecular complexity index is 1200. The van der Waals surface area contributed by atoms with Crippen molar-refractivity contribution in [1.29, 1.82) is 0 Å². The molecule has 1 aromatic carbocycles. The molecule has 39 heavy (non-hydrogen) atoms. The fourth-order valence-electron chi connectivity index (χ4n) is 5.93. The summed E-state index contributed by atoms with van der Waals surface area (Å²) in [5, 5.41) is 10.1. The summed E-state index contributed by atoms with van der Waals surface area (Å²) in [4.78, 5) is 39.6. The standard InChI is InChI=1S/C28H38ClN7O3/c1-28(2)23-13-31-26(32-21-7-9-39-10-8-21)34-24(23)17-36(28)27(38)33-22-12-19(25(37)30-3)15-35(16-22)14-18-5-4-6-20(29)11-18/h4-6,11,13,19,21-22H,7-10,12,14-17H2,1-3H3,(H,30,37)(H,33,38)(H,31,32,34). The molecular weight excluding hydrogens is 518 g/mol. The molecule has 10 nitrogen and oxygen atoms in total. The Morgan fingerprint density at radius 3 is 2.72 bits per heavy atom. The molecule has 3 N–H and O–H groups in total. The molecule has 2 saturated heterocycles. The predicted octanol–water partition coefficient (Wildman–Crippen LogP) is 3.12. The molecule has 2 atom stereocenters. The van der Waals surface area contributed by atoms with Crippen LogP contribution in [-0.4, -0.2) is 77.1 Å². The summed E-state index contributed by atoms with van der Waals surface area (Å²) in [6.07, 6.45) is 4.27. The molecule has 2 fully saturated rings. The Morgan fingerprint density at radius 1 is 1.18 bits per heavy atom. The summed E-state index contributed by atoms with van der Waals surface area (Å²) < 4.78 is 5.45. The van der Waals surface area contributed by atoms with E-state index in [4.69, 9.17) is 21.3 Å². The molecule has 1 aromatic heterocycles. The lowest BCUT2D eigenvalue weighted by atomic mass is 9.92. The first kappa shape index (κ1) is 27.6. The Kier molecular flexibility index (Phi) is 8.25. The van der Waals surface area contributed by atoms with Crippen LogP contribution in [0.3, 0.4) is 0 Å². The van der Waals surface area contributed by atoms with Crippen LogP contribution in [0.5, 0.6) is 0 Å². The highest BCUT2D eigenvalue weighted by Crippen LogP contribution is 2.38. The van der Waals surface area contributed by atoms with Gasteiger partial charge in [-0.05, 0) is 50.8 Å². The highest BCUT2D eigenvalue weighted by Gasteiger charge is 2.43. The molecule has 3 aliphatic heterocycles. The molecular formula is C28H38ClN7O3. The van der Waals surface area contributed by atoms with Gasteiger partial charge in [-0.25, -0.2) is 14.8 Å². The molecule has 0 radical (unpaired) electrons. The number of nitrogens with zero attached hydrogens (tertiary/aromatic N) is 4. The molecule has 2 unspecified atom stereocenters. The van der Waals surface area contributed by atoms with E-state index in [0.29, 0.717) is 49.6 Å². The van der Waals surface area contributed by atoms with Crippen LogP contribution in [0.25, 0.3) is 0 Å². The van der Waals surface area contributed by atoms with E-state index in [9.17, 15) is 9.59 Å². The average Bonchev–Trinajstić information content (AvgIpc) is 3.18. The van der Waals surface area contributed by atoms with Crippen LogP contribution >= 0.6 is 11.6 Å². The molecule has 210 valence electrons. The number of fused-ring (bicyclic) bond motifs is 1. The van der Waals surface area contributed by atoms with E-state index in [1.165, 1.54) is 0 Å². The monoisotopic (exact) mass is 555 g/mol. The largest absolute Gasteiger partial charge is 0.381 e. The van der Waals surface area contributed by atoms with Crippen molar-refractivity contribution < 1.29 is 14.3 Å². The van der Waals surface area contributed by atoms with Crippen LogP contribution in [0.2, 0.25) is 5.02 Å². The van der Waals surface area contributed by atoms with Gasteiger partial charge in [-0.3, -0.25) is 9.69 Å². The number of carbonyl (C=O) groups excluding carboxylic acids is 2. The summed E-state index contributed by atoms with van der Waals surface area (Å²) in [6, 6.07) is 7.69. The summed E-state index contributed by atoms with van der Waals surface area (Å²) >= 11 is 6.19. The number of ether oxygens (including phenoxy) is 1. The lowest BCUT2D eigenvalue weighted by Crippen LogP contribution is -2.56. The van der Waals surface area contributed by atoms with E-state index in [2.05, 4.69) is 25.8 Å². The molecule has 11 heteroatoms. The predicted molar refractivity (Wildman–Crippen MR) is 149 cm³/mol. The van der Waals surface area contributed by atoms with Crippen LogP contribution in [0, 0.1) is 5.92 Å². The summed E-state index contributed by atoms with van der Waals surface area (Å²) in [7, 11) is 1.65. The van der Waals surface area contributed by atoms with Gasteiger partial charge >= 0.3 is 6.03 Å². The molecule has 0 aliphatic carbocycles. The first-order valence-electron chi connectivity index (χ1n) is 13.7. The van der Waals surface area contributed by atoms with Crippen molar-refractivity contribution in [3.63, 3.8) is 0 Å². The van der Waals surface area contributed by atoms with E-state index in [-0.39, 0.29) is 23.9 Å².